The number of nitrogens with one attached hydrogen (secondary N) is 1. The van der Waals surface area contributed by atoms with Crippen LogP contribution < -0.4 is 10.1 Å². The summed E-state index contributed by atoms with van der Waals surface area (Å²) in [5.41, 5.74) is 0. The zero-order valence-corrected chi connectivity index (χ0v) is 11.8. The number of nitrogens with zero attached hydrogens (tertiary/aromatic N) is 1. The smallest absolute Gasteiger partial charge is 0.317 e. The molecule has 1 saturated heterocycles. The van der Waals surface area contributed by atoms with Crippen molar-refractivity contribution in [3.8, 4) is 5.75 Å². The van der Waals surface area contributed by atoms with Crippen LogP contribution in [0.5, 0.6) is 5.75 Å². The molecule has 2 rings (SSSR count). The molecule has 0 bridgehead atoms. The number of rotatable bonds is 5. The van der Waals surface area contributed by atoms with Gasteiger partial charge in [-0.05, 0) is 24.3 Å². The molecule has 1 heterocycles. The average molecular weight is 294 g/mol. The Morgan fingerprint density at radius 1 is 1.52 bits per heavy atom. The van der Waals surface area contributed by atoms with E-state index in [4.69, 9.17) is 9.47 Å². The van der Waals surface area contributed by atoms with Crippen LogP contribution in [-0.4, -0.2) is 49.9 Å². The standard InChI is InChI=1S/C15H19FN2O3/c1-2-7-17-15(19)18-8-9-20-14(10-18)11-21-13-5-3-12(16)4-6-13/h2-6,14H,1,7-11H2,(H,17,19). The van der Waals surface area contributed by atoms with Crippen LogP contribution in [0.15, 0.2) is 36.9 Å². The molecule has 2 amide bonds. The minimum Gasteiger partial charge on any atom is -0.491 e. The van der Waals surface area contributed by atoms with Crippen molar-refractivity contribution >= 4 is 6.03 Å². The number of hydrogen-bond acceptors (Lipinski definition) is 3. The van der Waals surface area contributed by atoms with Crippen molar-refractivity contribution in [1.29, 1.82) is 0 Å². The molecule has 0 aromatic heterocycles. The molecular weight excluding hydrogens is 275 g/mol. The number of benzene rings is 1. The van der Waals surface area contributed by atoms with Crippen LogP contribution in [0, 0.1) is 5.82 Å². The third-order valence-corrected chi connectivity index (χ3v) is 3.07. The molecule has 1 N–H and O–H groups in total. The van der Waals surface area contributed by atoms with Crippen LogP contribution in [0.1, 0.15) is 0 Å². The Hall–Kier alpha value is -2.08. The number of carbonyl (C=O) groups is 1. The Kier molecular flexibility index (Phi) is 5.57. The van der Waals surface area contributed by atoms with Gasteiger partial charge in [-0.3, -0.25) is 0 Å². The number of amides is 2. The van der Waals surface area contributed by atoms with Crippen LogP contribution in [0.25, 0.3) is 0 Å². The third-order valence-electron chi connectivity index (χ3n) is 3.07. The summed E-state index contributed by atoms with van der Waals surface area (Å²) in [6.45, 7) is 5.80. The first-order valence-electron chi connectivity index (χ1n) is 6.82. The van der Waals surface area contributed by atoms with Gasteiger partial charge in [-0.15, -0.1) is 6.58 Å². The Labute approximate surface area is 123 Å². The van der Waals surface area contributed by atoms with Crippen LogP contribution in [0.2, 0.25) is 0 Å². The highest BCUT2D eigenvalue weighted by molar-refractivity contribution is 5.74. The highest BCUT2D eigenvalue weighted by Gasteiger charge is 2.24. The molecule has 1 aliphatic rings. The SMILES string of the molecule is C=CCNC(=O)N1CCOC(COc2ccc(F)cc2)C1. The summed E-state index contributed by atoms with van der Waals surface area (Å²) >= 11 is 0. The van der Waals surface area contributed by atoms with E-state index < -0.39 is 0 Å². The lowest BCUT2D eigenvalue weighted by Gasteiger charge is -2.32. The first kappa shape index (κ1) is 15.3. The van der Waals surface area contributed by atoms with Gasteiger partial charge >= 0.3 is 6.03 Å². The van der Waals surface area contributed by atoms with Gasteiger partial charge in [0.1, 0.15) is 24.3 Å². The van der Waals surface area contributed by atoms with Gasteiger partial charge in [-0.2, -0.15) is 0 Å². The second-order valence-electron chi connectivity index (χ2n) is 4.68. The Bertz CT molecular complexity index is 478. The maximum atomic E-state index is 12.8. The summed E-state index contributed by atoms with van der Waals surface area (Å²) in [5, 5.41) is 2.73. The monoisotopic (exact) mass is 294 g/mol. The molecule has 1 atom stereocenters. The maximum absolute atomic E-state index is 12.8. The highest BCUT2D eigenvalue weighted by Crippen LogP contribution is 2.13. The van der Waals surface area contributed by atoms with E-state index in [9.17, 15) is 9.18 Å². The predicted octanol–water partition coefficient (Wildman–Crippen LogP) is 1.80. The van der Waals surface area contributed by atoms with E-state index >= 15 is 0 Å². The lowest BCUT2D eigenvalue weighted by molar-refractivity contribution is -0.0351. The summed E-state index contributed by atoms with van der Waals surface area (Å²) in [5.74, 6) is 0.273. The van der Waals surface area contributed by atoms with Gasteiger partial charge in [-0.25, -0.2) is 9.18 Å². The average Bonchev–Trinajstić information content (AvgIpc) is 2.52. The van der Waals surface area contributed by atoms with Gasteiger partial charge in [-0.1, -0.05) is 6.08 Å². The van der Waals surface area contributed by atoms with Gasteiger partial charge in [0.15, 0.2) is 0 Å². The molecule has 0 saturated carbocycles. The molecule has 1 fully saturated rings. The van der Waals surface area contributed by atoms with Gasteiger partial charge in [0.25, 0.3) is 0 Å². The second-order valence-corrected chi connectivity index (χ2v) is 4.68. The van der Waals surface area contributed by atoms with Crippen molar-refractivity contribution in [1.82, 2.24) is 10.2 Å². The van der Waals surface area contributed by atoms with E-state index in [1.165, 1.54) is 12.1 Å². The van der Waals surface area contributed by atoms with E-state index in [1.54, 1.807) is 23.1 Å². The zero-order chi connectivity index (χ0) is 15.1. The minimum absolute atomic E-state index is 0.134. The molecule has 1 aromatic rings. The van der Waals surface area contributed by atoms with E-state index in [2.05, 4.69) is 11.9 Å². The lowest BCUT2D eigenvalue weighted by atomic mass is 10.3. The summed E-state index contributed by atoms with van der Waals surface area (Å²) in [6, 6.07) is 5.67. The zero-order valence-electron chi connectivity index (χ0n) is 11.8. The highest BCUT2D eigenvalue weighted by atomic mass is 19.1. The first-order valence-corrected chi connectivity index (χ1v) is 6.82. The maximum Gasteiger partial charge on any atom is 0.317 e. The summed E-state index contributed by atoms with van der Waals surface area (Å²) in [7, 11) is 0. The number of morpholine rings is 1. The fourth-order valence-corrected chi connectivity index (χ4v) is 2.00. The second kappa shape index (κ2) is 7.64. The van der Waals surface area contributed by atoms with Crippen molar-refractivity contribution in [3.63, 3.8) is 0 Å². The molecule has 0 radical (unpaired) electrons. The molecule has 114 valence electrons. The topological polar surface area (TPSA) is 50.8 Å². The van der Waals surface area contributed by atoms with Gasteiger partial charge in [0, 0.05) is 13.1 Å². The van der Waals surface area contributed by atoms with Gasteiger partial charge in [0.05, 0.1) is 13.2 Å². The number of hydrogen-bond donors (Lipinski definition) is 1. The predicted molar refractivity (Wildman–Crippen MR) is 76.8 cm³/mol. The van der Waals surface area contributed by atoms with Crippen molar-refractivity contribution in [2.75, 3.05) is 32.8 Å². The largest absolute Gasteiger partial charge is 0.491 e. The van der Waals surface area contributed by atoms with E-state index in [0.717, 1.165) is 0 Å². The van der Waals surface area contributed by atoms with Gasteiger partial charge in [0.2, 0.25) is 0 Å². The molecular formula is C15H19FN2O3. The van der Waals surface area contributed by atoms with Crippen molar-refractivity contribution in [2.45, 2.75) is 6.10 Å². The lowest BCUT2D eigenvalue weighted by Crippen LogP contribution is -2.51. The number of ether oxygens (including phenoxy) is 2. The Morgan fingerprint density at radius 3 is 3.00 bits per heavy atom. The molecule has 5 nitrogen and oxygen atoms in total. The van der Waals surface area contributed by atoms with Crippen LogP contribution in [-0.2, 0) is 4.74 Å². The quantitative estimate of drug-likeness (QED) is 0.843. The molecule has 0 aliphatic carbocycles. The van der Waals surface area contributed by atoms with E-state index in [0.29, 0.717) is 38.6 Å². The van der Waals surface area contributed by atoms with Crippen LogP contribution >= 0.6 is 0 Å². The van der Waals surface area contributed by atoms with Crippen LogP contribution in [0.3, 0.4) is 0 Å². The number of carbonyl (C=O) groups excluding carboxylic acids is 1. The number of urea groups is 1. The minimum atomic E-state index is -0.304. The summed E-state index contributed by atoms with van der Waals surface area (Å²) < 4.78 is 23.9. The summed E-state index contributed by atoms with van der Waals surface area (Å²) in [4.78, 5) is 13.5. The van der Waals surface area contributed by atoms with Crippen molar-refractivity contribution in [3.05, 3.63) is 42.7 Å². The Morgan fingerprint density at radius 2 is 2.29 bits per heavy atom. The van der Waals surface area contributed by atoms with Crippen molar-refractivity contribution < 1.29 is 18.7 Å². The van der Waals surface area contributed by atoms with Gasteiger partial charge < -0.3 is 19.7 Å². The van der Waals surface area contributed by atoms with E-state index in [1.807, 2.05) is 0 Å². The molecule has 0 spiro atoms. The van der Waals surface area contributed by atoms with E-state index in [-0.39, 0.29) is 18.0 Å². The summed E-state index contributed by atoms with van der Waals surface area (Å²) in [6.07, 6.45) is 1.44. The number of halogens is 1. The Balaban J connectivity index is 1.79. The third kappa shape index (κ3) is 4.75. The molecule has 6 heteroatoms. The molecule has 1 unspecified atom stereocenters. The first-order chi connectivity index (χ1) is 10.2. The van der Waals surface area contributed by atoms with Crippen LogP contribution in [0.4, 0.5) is 9.18 Å². The van der Waals surface area contributed by atoms with Crippen molar-refractivity contribution in [2.24, 2.45) is 0 Å². The molecule has 1 aromatic carbocycles. The fraction of sp³-hybridized carbons (Fsp3) is 0.400. The fourth-order valence-electron chi connectivity index (χ4n) is 2.00. The molecule has 21 heavy (non-hydrogen) atoms. The molecule has 1 aliphatic heterocycles. The normalized spacial score (nSPS) is 18.1.